The molecule has 0 bridgehead atoms. The highest BCUT2D eigenvalue weighted by molar-refractivity contribution is 5.51. The highest BCUT2D eigenvalue weighted by atomic mass is 16.6. The third-order valence-corrected chi connectivity index (χ3v) is 2.52. The number of aryl methyl sites for hydroxylation is 1. The smallest absolute Gasteiger partial charge is 0.277 e. The Morgan fingerprint density at radius 3 is 2.71 bits per heavy atom. The van der Waals surface area contributed by atoms with E-state index in [1.165, 1.54) is 12.3 Å². The largest absolute Gasteiger partial charge is 0.395 e. The molecule has 0 saturated carbocycles. The SMILES string of the molecule is Cc1cnc(N(CCO)C(C)C)cc1[N+](=O)[O-]. The number of rotatable bonds is 5. The average molecular weight is 239 g/mol. The maximum Gasteiger partial charge on any atom is 0.277 e. The molecule has 0 aromatic carbocycles. The number of anilines is 1. The van der Waals surface area contributed by atoms with Crippen LogP contribution >= 0.6 is 0 Å². The Hall–Kier alpha value is -1.69. The maximum absolute atomic E-state index is 10.8. The number of nitrogens with zero attached hydrogens (tertiary/aromatic N) is 3. The molecule has 0 aliphatic rings. The summed E-state index contributed by atoms with van der Waals surface area (Å²) in [5.41, 5.74) is 0.588. The second-order valence-electron chi connectivity index (χ2n) is 4.10. The number of hydrogen-bond acceptors (Lipinski definition) is 5. The lowest BCUT2D eigenvalue weighted by atomic mass is 10.2. The number of aromatic nitrogens is 1. The Labute approximate surface area is 100 Å². The second-order valence-corrected chi connectivity index (χ2v) is 4.10. The molecule has 0 radical (unpaired) electrons. The summed E-state index contributed by atoms with van der Waals surface area (Å²) < 4.78 is 0. The van der Waals surface area contributed by atoms with Gasteiger partial charge in [-0.2, -0.15) is 0 Å². The van der Waals surface area contributed by atoms with Crippen molar-refractivity contribution in [3.05, 3.63) is 27.9 Å². The Morgan fingerprint density at radius 2 is 2.24 bits per heavy atom. The van der Waals surface area contributed by atoms with Crippen molar-refractivity contribution in [3.63, 3.8) is 0 Å². The summed E-state index contributed by atoms with van der Waals surface area (Å²) in [5.74, 6) is 0.520. The van der Waals surface area contributed by atoms with E-state index in [0.29, 0.717) is 17.9 Å². The van der Waals surface area contributed by atoms with Gasteiger partial charge < -0.3 is 10.0 Å². The average Bonchev–Trinajstić information content (AvgIpc) is 2.26. The van der Waals surface area contributed by atoms with Crippen molar-refractivity contribution in [2.75, 3.05) is 18.1 Å². The molecule has 0 aliphatic heterocycles. The minimum absolute atomic E-state index is 0.0124. The van der Waals surface area contributed by atoms with E-state index in [2.05, 4.69) is 4.98 Å². The molecule has 17 heavy (non-hydrogen) atoms. The van der Waals surface area contributed by atoms with Crippen molar-refractivity contribution < 1.29 is 10.0 Å². The first-order valence-corrected chi connectivity index (χ1v) is 5.46. The fraction of sp³-hybridized carbons (Fsp3) is 0.545. The molecule has 1 rings (SSSR count). The third kappa shape index (κ3) is 3.13. The van der Waals surface area contributed by atoms with Gasteiger partial charge in [-0.05, 0) is 20.8 Å². The van der Waals surface area contributed by atoms with Gasteiger partial charge in [0, 0.05) is 24.3 Å². The third-order valence-electron chi connectivity index (χ3n) is 2.52. The molecular formula is C11H17N3O3. The topological polar surface area (TPSA) is 79.5 Å². The number of aliphatic hydroxyl groups excluding tert-OH is 1. The molecular weight excluding hydrogens is 222 g/mol. The van der Waals surface area contributed by atoms with Crippen LogP contribution in [0.1, 0.15) is 19.4 Å². The number of hydrogen-bond donors (Lipinski definition) is 1. The minimum Gasteiger partial charge on any atom is -0.395 e. The van der Waals surface area contributed by atoms with E-state index in [4.69, 9.17) is 5.11 Å². The highest BCUT2D eigenvalue weighted by Gasteiger charge is 2.17. The van der Waals surface area contributed by atoms with Crippen LogP contribution in [0.2, 0.25) is 0 Å². The van der Waals surface area contributed by atoms with Crippen molar-refractivity contribution >= 4 is 11.5 Å². The van der Waals surface area contributed by atoms with E-state index in [9.17, 15) is 10.1 Å². The van der Waals surface area contributed by atoms with E-state index in [-0.39, 0.29) is 18.3 Å². The molecule has 1 aromatic heterocycles. The van der Waals surface area contributed by atoms with Gasteiger partial charge in [0.2, 0.25) is 0 Å². The second kappa shape index (κ2) is 5.58. The van der Waals surface area contributed by atoms with Gasteiger partial charge in [-0.3, -0.25) is 10.1 Å². The quantitative estimate of drug-likeness (QED) is 0.622. The van der Waals surface area contributed by atoms with Crippen molar-refractivity contribution in [1.82, 2.24) is 4.98 Å². The summed E-state index contributed by atoms with van der Waals surface area (Å²) in [6, 6.07) is 1.57. The maximum atomic E-state index is 10.8. The zero-order valence-corrected chi connectivity index (χ0v) is 10.3. The molecule has 1 N–H and O–H groups in total. The van der Waals surface area contributed by atoms with Crippen LogP contribution < -0.4 is 4.90 Å². The number of aliphatic hydroxyl groups is 1. The number of pyridine rings is 1. The summed E-state index contributed by atoms with van der Waals surface area (Å²) in [6.45, 7) is 5.94. The molecule has 0 fully saturated rings. The number of nitro groups is 1. The zero-order valence-electron chi connectivity index (χ0n) is 10.3. The highest BCUT2D eigenvalue weighted by Crippen LogP contribution is 2.23. The molecule has 6 nitrogen and oxygen atoms in total. The summed E-state index contributed by atoms with van der Waals surface area (Å²) in [6.07, 6.45) is 1.49. The first-order valence-electron chi connectivity index (χ1n) is 5.46. The first kappa shape index (κ1) is 13.4. The van der Waals surface area contributed by atoms with Crippen molar-refractivity contribution in [3.8, 4) is 0 Å². The predicted molar refractivity (Wildman–Crippen MR) is 65.2 cm³/mol. The molecule has 6 heteroatoms. The Morgan fingerprint density at radius 1 is 1.59 bits per heavy atom. The van der Waals surface area contributed by atoms with E-state index in [1.807, 2.05) is 18.7 Å². The van der Waals surface area contributed by atoms with Gasteiger partial charge in [0.05, 0.1) is 17.6 Å². The normalized spacial score (nSPS) is 10.6. The molecule has 1 heterocycles. The van der Waals surface area contributed by atoms with Crippen LogP contribution in [-0.2, 0) is 0 Å². The summed E-state index contributed by atoms with van der Waals surface area (Å²) in [7, 11) is 0. The zero-order chi connectivity index (χ0) is 13.0. The Kier molecular flexibility index (Phi) is 4.39. The molecule has 0 spiro atoms. The predicted octanol–water partition coefficient (Wildman–Crippen LogP) is 1.51. The van der Waals surface area contributed by atoms with Crippen molar-refractivity contribution in [2.45, 2.75) is 26.8 Å². The van der Waals surface area contributed by atoms with Crippen LogP contribution in [0.4, 0.5) is 11.5 Å². The van der Waals surface area contributed by atoms with Gasteiger partial charge in [-0.1, -0.05) is 0 Å². The minimum atomic E-state index is -0.419. The van der Waals surface area contributed by atoms with E-state index in [0.717, 1.165) is 0 Å². The van der Waals surface area contributed by atoms with Crippen LogP contribution in [0.25, 0.3) is 0 Å². The molecule has 0 amide bonds. The lowest BCUT2D eigenvalue weighted by Crippen LogP contribution is -2.34. The lowest BCUT2D eigenvalue weighted by molar-refractivity contribution is -0.385. The van der Waals surface area contributed by atoms with E-state index < -0.39 is 4.92 Å². The molecule has 0 unspecified atom stereocenters. The van der Waals surface area contributed by atoms with Gasteiger partial charge in [0.15, 0.2) is 0 Å². The first-order chi connectivity index (χ1) is 7.97. The standard InChI is InChI=1S/C11H17N3O3/c1-8(2)13(4-5-15)11-6-10(14(16)17)9(3)7-12-11/h6-8,15H,4-5H2,1-3H3. The summed E-state index contributed by atoms with van der Waals surface area (Å²) >= 11 is 0. The van der Waals surface area contributed by atoms with Gasteiger partial charge in [-0.25, -0.2) is 4.98 Å². The van der Waals surface area contributed by atoms with Crippen LogP contribution in [0.3, 0.4) is 0 Å². The van der Waals surface area contributed by atoms with Crippen LogP contribution in [0, 0.1) is 17.0 Å². The van der Waals surface area contributed by atoms with E-state index >= 15 is 0 Å². The fourth-order valence-corrected chi connectivity index (χ4v) is 1.60. The fourth-order valence-electron chi connectivity index (χ4n) is 1.60. The lowest BCUT2D eigenvalue weighted by Gasteiger charge is -2.26. The van der Waals surface area contributed by atoms with Gasteiger partial charge in [0.1, 0.15) is 5.82 Å². The van der Waals surface area contributed by atoms with Gasteiger partial charge in [0.25, 0.3) is 5.69 Å². The molecule has 0 aliphatic carbocycles. The summed E-state index contributed by atoms with van der Waals surface area (Å²) in [4.78, 5) is 16.4. The monoisotopic (exact) mass is 239 g/mol. The van der Waals surface area contributed by atoms with Crippen LogP contribution in [-0.4, -0.2) is 34.2 Å². The molecule has 0 atom stereocenters. The Bertz CT molecular complexity index is 407. The van der Waals surface area contributed by atoms with E-state index in [1.54, 1.807) is 6.92 Å². The van der Waals surface area contributed by atoms with Crippen LogP contribution in [0.5, 0.6) is 0 Å². The molecule has 0 saturated heterocycles. The van der Waals surface area contributed by atoms with Gasteiger partial charge in [-0.15, -0.1) is 0 Å². The summed E-state index contributed by atoms with van der Waals surface area (Å²) in [5, 5.41) is 19.8. The molecule has 1 aromatic rings. The molecule has 94 valence electrons. The van der Waals surface area contributed by atoms with Gasteiger partial charge >= 0.3 is 0 Å². The van der Waals surface area contributed by atoms with Crippen molar-refractivity contribution in [2.24, 2.45) is 0 Å². The Balaban J connectivity index is 3.12. The van der Waals surface area contributed by atoms with Crippen molar-refractivity contribution in [1.29, 1.82) is 0 Å². The van der Waals surface area contributed by atoms with Crippen LogP contribution in [0.15, 0.2) is 12.3 Å².